The van der Waals surface area contributed by atoms with Crippen molar-refractivity contribution in [3.8, 4) is 0 Å². The fourth-order valence-corrected chi connectivity index (χ4v) is 3.50. The Morgan fingerprint density at radius 2 is 1.96 bits per heavy atom. The van der Waals surface area contributed by atoms with Gasteiger partial charge in [0.15, 0.2) is 0 Å². The molecule has 2 aromatic heterocycles. The molecule has 0 radical (unpaired) electrons. The highest BCUT2D eigenvalue weighted by molar-refractivity contribution is 5.82. The zero-order valence-electron chi connectivity index (χ0n) is 13.7. The Kier molecular flexibility index (Phi) is 4.01. The number of likely N-dealkylation sites (tertiary alicyclic amines) is 1. The molecule has 1 amide bonds. The molecule has 0 saturated carbocycles. The van der Waals surface area contributed by atoms with E-state index in [4.69, 9.17) is 0 Å². The second-order valence-corrected chi connectivity index (χ2v) is 6.21. The second-order valence-electron chi connectivity index (χ2n) is 6.21. The lowest BCUT2D eigenvalue weighted by Crippen LogP contribution is -2.34. The van der Waals surface area contributed by atoms with Crippen molar-refractivity contribution in [2.75, 3.05) is 6.54 Å². The first-order valence-electron chi connectivity index (χ1n) is 8.38. The first kappa shape index (κ1) is 15.5. The predicted octanol–water partition coefficient (Wildman–Crippen LogP) is 2.16. The van der Waals surface area contributed by atoms with Gasteiger partial charge >= 0.3 is 0 Å². The van der Waals surface area contributed by atoms with Crippen molar-refractivity contribution in [3.63, 3.8) is 0 Å². The number of para-hydroxylation sites is 1. The first-order valence-corrected chi connectivity index (χ1v) is 8.38. The van der Waals surface area contributed by atoms with E-state index in [-0.39, 0.29) is 23.9 Å². The van der Waals surface area contributed by atoms with Gasteiger partial charge < -0.3 is 4.90 Å². The standard InChI is InChI=1S/C19H18N4O2/c24-18-12-21-23(17-5-2-1-4-15(17)18)13-19(25)22-11-3-6-16(22)14-7-9-20-10-8-14/h1-2,4-5,7-10,12,16H,3,6,11,13H2/t16-/m1/s1. The van der Waals surface area contributed by atoms with Crippen molar-refractivity contribution in [1.82, 2.24) is 19.7 Å². The third-order valence-electron chi connectivity index (χ3n) is 4.71. The van der Waals surface area contributed by atoms with E-state index in [1.165, 1.54) is 6.20 Å². The number of hydrogen-bond donors (Lipinski definition) is 0. The van der Waals surface area contributed by atoms with Crippen LogP contribution in [-0.4, -0.2) is 32.1 Å². The summed E-state index contributed by atoms with van der Waals surface area (Å²) in [5.74, 6) is 0.0145. The average Bonchev–Trinajstić information content (AvgIpc) is 3.15. The van der Waals surface area contributed by atoms with Crippen LogP contribution in [0.15, 0.2) is 59.8 Å². The monoisotopic (exact) mass is 334 g/mol. The Morgan fingerprint density at radius 3 is 2.80 bits per heavy atom. The number of carbonyl (C=O) groups is 1. The summed E-state index contributed by atoms with van der Waals surface area (Å²) in [7, 11) is 0. The van der Waals surface area contributed by atoms with E-state index < -0.39 is 0 Å². The molecule has 0 spiro atoms. The molecule has 0 N–H and O–H groups in total. The van der Waals surface area contributed by atoms with Crippen LogP contribution in [-0.2, 0) is 11.3 Å². The molecule has 126 valence electrons. The first-order chi connectivity index (χ1) is 12.2. The van der Waals surface area contributed by atoms with Crippen molar-refractivity contribution in [2.45, 2.75) is 25.4 Å². The zero-order valence-corrected chi connectivity index (χ0v) is 13.7. The van der Waals surface area contributed by atoms with Crippen LogP contribution < -0.4 is 5.43 Å². The maximum atomic E-state index is 12.9. The van der Waals surface area contributed by atoms with Crippen LogP contribution in [0.4, 0.5) is 0 Å². The number of fused-ring (bicyclic) bond motifs is 1. The molecule has 1 fully saturated rings. The van der Waals surface area contributed by atoms with Gasteiger partial charge in [0, 0.05) is 24.3 Å². The third-order valence-corrected chi connectivity index (χ3v) is 4.71. The summed E-state index contributed by atoms with van der Waals surface area (Å²) in [5.41, 5.74) is 1.66. The lowest BCUT2D eigenvalue weighted by atomic mass is 10.1. The molecule has 0 bridgehead atoms. The smallest absolute Gasteiger partial charge is 0.244 e. The van der Waals surface area contributed by atoms with E-state index in [0.29, 0.717) is 10.9 Å². The van der Waals surface area contributed by atoms with E-state index in [0.717, 1.165) is 24.9 Å². The Bertz CT molecular complexity index is 968. The Morgan fingerprint density at radius 1 is 1.16 bits per heavy atom. The molecule has 1 aromatic carbocycles. The van der Waals surface area contributed by atoms with Gasteiger partial charge in [-0.05, 0) is 42.7 Å². The van der Waals surface area contributed by atoms with Crippen molar-refractivity contribution >= 4 is 16.8 Å². The molecular weight excluding hydrogens is 316 g/mol. The van der Waals surface area contributed by atoms with Crippen LogP contribution in [0.3, 0.4) is 0 Å². The van der Waals surface area contributed by atoms with Gasteiger partial charge in [-0.3, -0.25) is 19.3 Å². The summed E-state index contributed by atoms with van der Waals surface area (Å²) >= 11 is 0. The Labute approximate surface area is 144 Å². The van der Waals surface area contributed by atoms with E-state index in [2.05, 4.69) is 10.1 Å². The quantitative estimate of drug-likeness (QED) is 0.736. The molecule has 25 heavy (non-hydrogen) atoms. The minimum absolute atomic E-state index is 0.0145. The molecule has 6 nitrogen and oxygen atoms in total. The largest absolute Gasteiger partial charge is 0.334 e. The van der Waals surface area contributed by atoms with Crippen LogP contribution in [0, 0.1) is 0 Å². The van der Waals surface area contributed by atoms with Gasteiger partial charge in [-0.1, -0.05) is 12.1 Å². The minimum atomic E-state index is -0.130. The van der Waals surface area contributed by atoms with Crippen LogP contribution in [0.5, 0.6) is 0 Å². The van der Waals surface area contributed by atoms with E-state index in [1.807, 2.05) is 35.2 Å². The topological polar surface area (TPSA) is 68.1 Å². The van der Waals surface area contributed by atoms with Gasteiger partial charge in [-0.15, -0.1) is 0 Å². The van der Waals surface area contributed by atoms with Crippen LogP contribution in [0.1, 0.15) is 24.4 Å². The molecule has 3 heterocycles. The van der Waals surface area contributed by atoms with E-state index >= 15 is 0 Å². The maximum Gasteiger partial charge on any atom is 0.244 e. The molecular formula is C19H18N4O2. The highest BCUT2D eigenvalue weighted by atomic mass is 16.2. The summed E-state index contributed by atoms with van der Waals surface area (Å²) in [5, 5.41) is 4.74. The molecule has 1 aliphatic heterocycles. The highest BCUT2D eigenvalue weighted by Gasteiger charge is 2.30. The number of rotatable bonds is 3. The fraction of sp³-hybridized carbons (Fsp3) is 0.263. The SMILES string of the molecule is O=C(Cn1ncc(=O)c2ccccc21)N1CCC[C@@H]1c1ccncc1. The molecule has 1 aliphatic rings. The number of aromatic nitrogens is 3. The van der Waals surface area contributed by atoms with Crippen molar-refractivity contribution in [3.05, 3.63) is 70.8 Å². The molecule has 3 aromatic rings. The van der Waals surface area contributed by atoms with E-state index in [1.54, 1.807) is 23.1 Å². The molecule has 6 heteroatoms. The number of carbonyl (C=O) groups excluding carboxylic acids is 1. The summed E-state index contributed by atoms with van der Waals surface area (Å²) in [6, 6.07) is 11.3. The molecule has 0 unspecified atom stereocenters. The van der Waals surface area contributed by atoms with Gasteiger partial charge in [0.25, 0.3) is 0 Å². The number of benzene rings is 1. The lowest BCUT2D eigenvalue weighted by molar-refractivity contribution is -0.132. The second kappa shape index (κ2) is 6.47. The van der Waals surface area contributed by atoms with Crippen molar-refractivity contribution in [2.24, 2.45) is 0 Å². The normalized spacial score (nSPS) is 17.1. The van der Waals surface area contributed by atoms with Gasteiger partial charge in [-0.2, -0.15) is 5.10 Å². The Balaban J connectivity index is 1.62. The third kappa shape index (κ3) is 2.91. The molecule has 1 atom stereocenters. The van der Waals surface area contributed by atoms with Crippen LogP contribution in [0.2, 0.25) is 0 Å². The summed E-state index contributed by atoms with van der Waals surface area (Å²) in [6.07, 6.45) is 6.73. The number of amides is 1. The van der Waals surface area contributed by atoms with Crippen LogP contribution in [0.25, 0.3) is 10.9 Å². The lowest BCUT2D eigenvalue weighted by Gasteiger charge is -2.25. The van der Waals surface area contributed by atoms with Gasteiger partial charge in [0.1, 0.15) is 6.54 Å². The molecule has 0 aliphatic carbocycles. The number of hydrogen-bond acceptors (Lipinski definition) is 4. The number of nitrogens with zero attached hydrogens (tertiary/aromatic N) is 4. The van der Waals surface area contributed by atoms with Gasteiger partial charge in [-0.25, -0.2) is 0 Å². The van der Waals surface area contributed by atoms with Crippen LogP contribution >= 0.6 is 0 Å². The fourth-order valence-electron chi connectivity index (χ4n) is 3.50. The summed E-state index contributed by atoms with van der Waals surface area (Å²) < 4.78 is 1.61. The maximum absolute atomic E-state index is 12.9. The zero-order chi connectivity index (χ0) is 17.2. The number of pyridine rings is 1. The van der Waals surface area contributed by atoms with Crippen molar-refractivity contribution < 1.29 is 4.79 Å². The minimum Gasteiger partial charge on any atom is -0.334 e. The molecule has 4 rings (SSSR count). The highest BCUT2D eigenvalue weighted by Crippen LogP contribution is 2.31. The summed E-state index contributed by atoms with van der Waals surface area (Å²) in [6.45, 7) is 0.867. The van der Waals surface area contributed by atoms with Gasteiger partial charge in [0.05, 0.1) is 17.8 Å². The average molecular weight is 334 g/mol. The Hall–Kier alpha value is -3.02. The molecule has 1 saturated heterocycles. The van der Waals surface area contributed by atoms with Crippen molar-refractivity contribution in [1.29, 1.82) is 0 Å². The predicted molar refractivity (Wildman–Crippen MR) is 93.9 cm³/mol. The summed E-state index contributed by atoms with van der Waals surface area (Å²) in [4.78, 5) is 30.8. The van der Waals surface area contributed by atoms with E-state index in [9.17, 15) is 9.59 Å². The van der Waals surface area contributed by atoms with Gasteiger partial charge in [0.2, 0.25) is 11.3 Å².